The third-order valence-electron chi connectivity index (χ3n) is 3.39. The Bertz CT molecular complexity index is 736. The van der Waals surface area contributed by atoms with Gasteiger partial charge in [-0.05, 0) is 64.4 Å². The Labute approximate surface area is 158 Å². The summed E-state index contributed by atoms with van der Waals surface area (Å²) in [6.45, 7) is 1.63. The van der Waals surface area contributed by atoms with Crippen molar-refractivity contribution in [2.24, 2.45) is 0 Å². The minimum Gasteiger partial charge on any atom is -0.468 e. The number of hydrogen-bond acceptors (Lipinski definition) is 4. The van der Waals surface area contributed by atoms with Gasteiger partial charge >= 0.3 is 0 Å². The summed E-state index contributed by atoms with van der Waals surface area (Å²) in [6.07, 6.45) is 1.66. The van der Waals surface area contributed by atoms with Crippen LogP contribution < -0.4 is 5.32 Å². The first-order chi connectivity index (χ1) is 11.7. The van der Waals surface area contributed by atoms with E-state index in [9.17, 15) is 4.79 Å². The van der Waals surface area contributed by atoms with Crippen molar-refractivity contribution < 1.29 is 9.21 Å². The Morgan fingerprint density at radius 1 is 1.17 bits per heavy atom. The third-order valence-corrected chi connectivity index (χ3v) is 4.93. The maximum atomic E-state index is 12.4. The molecule has 2 heterocycles. The molecule has 0 atom stereocenters. The number of benzene rings is 1. The number of nitrogens with one attached hydrogen (secondary N) is 1. The first-order valence-corrected chi connectivity index (χ1v) is 9.47. The van der Waals surface area contributed by atoms with Crippen LogP contribution in [-0.4, -0.2) is 17.4 Å². The molecule has 3 aromatic rings. The number of furan rings is 1. The molecule has 1 N–H and O–H groups in total. The molecule has 0 radical (unpaired) electrons. The van der Waals surface area contributed by atoms with E-state index in [0.717, 1.165) is 21.6 Å². The standard InChI is InChI=1S/C18H17IN2O2S/c19-14-4-1-5-15(10-14)20-18(22)13-21(11-16-6-2-8-23-16)12-17-7-3-9-24-17/h1-10H,11-13H2,(H,20,22). The molecule has 124 valence electrons. The molecule has 2 aromatic heterocycles. The summed E-state index contributed by atoms with van der Waals surface area (Å²) >= 11 is 3.93. The quantitative estimate of drug-likeness (QED) is 0.534. The van der Waals surface area contributed by atoms with Crippen molar-refractivity contribution in [1.29, 1.82) is 0 Å². The fraction of sp³-hybridized carbons (Fsp3) is 0.167. The topological polar surface area (TPSA) is 45.5 Å². The summed E-state index contributed by atoms with van der Waals surface area (Å²) < 4.78 is 6.52. The molecule has 3 rings (SSSR count). The van der Waals surface area contributed by atoms with Gasteiger partial charge in [0.15, 0.2) is 0 Å². The second kappa shape index (κ2) is 8.46. The number of carbonyl (C=O) groups excluding carboxylic acids is 1. The monoisotopic (exact) mass is 452 g/mol. The van der Waals surface area contributed by atoms with Gasteiger partial charge in [0, 0.05) is 20.7 Å². The largest absolute Gasteiger partial charge is 0.468 e. The zero-order valence-corrected chi connectivity index (χ0v) is 15.9. The number of anilines is 1. The molecule has 0 unspecified atom stereocenters. The van der Waals surface area contributed by atoms with E-state index in [1.807, 2.05) is 47.8 Å². The molecular weight excluding hydrogens is 435 g/mol. The zero-order valence-electron chi connectivity index (χ0n) is 12.9. The Morgan fingerprint density at radius 3 is 2.79 bits per heavy atom. The Balaban J connectivity index is 1.64. The third kappa shape index (κ3) is 5.19. The molecule has 0 fully saturated rings. The Morgan fingerprint density at radius 2 is 2.08 bits per heavy atom. The first kappa shape index (κ1) is 17.2. The van der Waals surface area contributed by atoms with Gasteiger partial charge in [-0.3, -0.25) is 9.69 Å². The van der Waals surface area contributed by atoms with Crippen LogP contribution in [0.3, 0.4) is 0 Å². The smallest absolute Gasteiger partial charge is 0.238 e. The molecular formula is C18H17IN2O2S. The predicted molar refractivity (Wildman–Crippen MR) is 105 cm³/mol. The van der Waals surface area contributed by atoms with E-state index < -0.39 is 0 Å². The lowest BCUT2D eigenvalue weighted by molar-refractivity contribution is -0.117. The molecule has 0 aliphatic carbocycles. The number of nitrogens with zero attached hydrogens (tertiary/aromatic N) is 1. The highest BCUT2D eigenvalue weighted by Crippen LogP contribution is 2.16. The summed E-state index contributed by atoms with van der Waals surface area (Å²) in [5.41, 5.74) is 0.820. The molecule has 1 amide bonds. The zero-order chi connectivity index (χ0) is 16.8. The molecule has 0 spiro atoms. The average molecular weight is 452 g/mol. The average Bonchev–Trinajstić information content (AvgIpc) is 3.21. The highest BCUT2D eigenvalue weighted by atomic mass is 127. The van der Waals surface area contributed by atoms with Crippen molar-refractivity contribution in [2.45, 2.75) is 13.1 Å². The van der Waals surface area contributed by atoms with Crippen LogP contribution in [0.5, 0.6) is 0 Å². The van der Waals surface area contributed by atoms with E-state index in [1.54, 1.807) is 17.6 Å². The van der Waals surface area contributed by atoms with E-state index in [2.05, 4.69) is 38.9 Å². The number of rotatable bonds is 7. The van der Waals surface area contributed by atoms with Crippen LogP contribution in [0.2, 0.25) is 0 Å². The molecule has 0 saturated carbocycles. The van der Waals surface area contributed by atoms with Gasteiger partial charge in [0.1, 0.15) is 5.76 Å². The lowest BCUT2D eigenvalue weighted by Crippen LogP contribution is -2.32. The van der Waals surface area contributed by atoms with Gasteiger partial charge in [-0.15, -0.1) is 11.3 Å². The van der Waals surface area contributed by atoms with Crippen LogP contribution in [-0.2, 0) is 17.9 Å². The maximum Gasteiger partial charge on any atom is 0.238 e. The van der Waals surface area contributed by atoms with Crippen LogP contribution in [0.25, 0.3) is 0 Å². The molecule has 4 nitrogen and oxygen atoms in total. The van der Waals surface area contributed by atoms with E-state index in [1.165, 1.54) is 4.88 Å². The van der Waals surface area contributed by atoms with Crippen LogP contribution in [0, 0.1) is 3.57 Å². The highest BCUT2D eigenvalue weighted by Gasteiger charge is 2.14. The number of amides is 1. The Kier molecular flexibility index (Phi) is 6.06. The van der Waals surface area contributed by atoms with Crippen molar-refractivity contribution in [3.63, 3.8) is 0 Å². The minimum absolute atomic E-state index is 0.0277. The van der Waals surface area contributed by atoms with Crippen molar-refractivity contribution >= 4 is 45.5 Å². The van der Waals surface area contributed by atoms with Crippen molar-refractivity contribution in [3.05, 3.63) is 74.4 Å². The van der Waals surface area contributed by atoms with E-state index in [0.29, 0.717) is 13.1 Å². The lowest BCUT2D eigenvalue weighted by Gasteiger charge is -2.20. The second-order valence-corrected chi connectivity index (χ2v) is 7.64. The molecule has 0 bridgehead atoms. The fourth-order valence-corrected chi connectivity index (χ4v) is 3.67. The van der Waals surface area contributed by atoms with E-state index >= 15 is 0 Å². The van der Waals surface area contributed by atoms with Crippen molar-refractivity contribution in [3.8, 4) is 0 Å². The van der Waals surface area contributed by atoms with Crippen molar-refractivity contribution in [2.75, 3.05) is 11.9 Å². The van der Waals surface area contributed by atoms with Crippen LogP contribution in [0.15, 0.2) is 64.6 Å². The lowest BCUT2D eigenvalue weighted by atomic mass is 10.3. The number of carbonyl (C=O) groups is 1. The SMILES string of the molecule is O=C(CN(Cc1ccco1)Cc1cccs1)Nc1cccc(I)c1. The van der Waals surface area contributed by atoms with Gasteiger partial charge in [0.05, 0.1) is 19.4 Å². The van der Waals surface area contributed by atoms with E-state index in [4.69, 9.17) is 4.42 Å². The molecule has 0 aliphatic heterocycles. The van der Waals surface area contributed by atoms with Gasteiger partial charge in [-0.25, -0.2) is 0 Å². The van der Waals surface area contributed by atoms with Crippen molar-refractivity contribution in [1.82, 2.24) is 4.90 Å². The predicted octanol–water partition coefficient (Wildman–Crippen LogP) is 4.59. The highest BCUT2D eigenvalue weighted by molar-refractivity contribution is 14.1. The minimum atomic E-state index is -0.0277. The molecule has 0 aliphatic rings. The maximum absolute atomic E-state index is 12.4. The fourth-order valence-electron chi connectivity index (χ4n) is 2.38. The summed E-state index contributed by atoms with van der Waals surface area (Å²) in [5.74, 6) is 0.828. The molecule has 1 aromatic carbocycles. The molecule has 24 heavy (non-hydrogen) atoms. The summed E-state index contributed by atoms with van der Waals surface area (Å²) in [7, 11) is 0. The van der Waals surface area contributed by atoms with Gasteiger partial charge in [-0.2, -0.15) is 0 Å². The van der Waals surface area contributed by atoms with Crippen LogP contribution in [0.4, 0.5) is 5.69 Å². The Hall–Kier alpha value is -1.64. The summed E-state index contributed by atoms with van der Waals surface area (Å²) in [5, 5.41) is 5.01. The van der Waals surface area contributed by atoms with Gasteiger partial charge < -0.3 is 9.73 Å². The molecule has 6 heteroatoms. The van der Waals surface area contributed by atoms with Crippen LogP contribution in [0.1, 0.15) is 10.6 Å². The van der Waals surface area contributed by atoms with Crippen LogP contribution >= 0.6 is 33.9 Å². The normalized spacial score (nSPS) is 10.9. The number of thiophene rings is 1. The van der Waals surface area contributed by atoms with Gasteiger partial charge in [0.2, 0.25) is 5.91 Å². The summed E-state index contributed by atoms with van der Waals surface area (Å²) in [4.78, 5) is 15.7. The van der Waals surface area contributed by atoms with Gasteiger partial charge in [0.25, 0.3) is 0 Å². The number of halogens is 1. The molecule has 0 saturated heterocycles. The van der Waals surface area contributed by atoms with E-state index in [-0.39, 0.29) is 5.91 Å². The summed E-state index contributed by atoms with van der Waals surface area (Å²) in [6, 6.07) is 15.7. The second-order valence-electron chi connectivity index (χ2n) is 5.36. The number of hydrogen-bond donors (Lipinski definition) is 1. The first-order valence-electron chi connectivity index (χ1n) is 7.51. The van der Waals surface area contributed by atoms with Gasteiger partial charge in [-0.1, -0.05) is 12.1 Å².